The van der Waals surface area contributed by atoms with Crippen LogP contribution in [0, 0.1) is 0 Å². The third-order valence-corrected chi connectivity index (χ3v) is 4.20. The summed E-state index contributed by atoms with van der Waals surface area (Å²) in [6.07, 6.45) is -0.866. The summed E-state index contributed by atoms with van der Waals surface area (Å²) in [4.78, 5) is 30.0. The zero-order valence-corrected chi connectivity index (χ0v) is 14.5. The average Bonchev–Trinajstić information content (AvgIpc) is 3.13. The lowest BCUT2D eigenvalue weighted by Gasteiger charge is -2.31. The maximum Gasteiger partial charge on any atom is 0.357 e. The first kappa shape index (κ1) is 17.7. The fraction of sp³-hybridized carbons (Fsp3) is 0.250. The fourth-order valence-corrected chi connectivity index (χ4v) is 2.99. The minimum atomic E-state index is -1.58. The monoisotopic (exact) mass is 353 g/mol. The number of methoxy groups -OCH3 is 1. The number of oxime groups is 1. The van der Waals surface area contributed by atoms with Gasteiger partial charge in [-0.1, -0.05) is 65.8 Å². The smallest absolute Gasteiger partial charge is 0.357 e. The van der Waals surface area contributed by atoms with Crippen LogP contribution in [0.2, 0.25) is 0 Å². The van der Waals surface area contributed by atoms with Crippen molar-refractivity contribution in [2.45, 2.75) is 25.0 Å². The van der Waals surface area contributed by atoms with Crippen LogP contribution >= 0.6 is 0 Å². The maximum atomic E-state index is 12.7. The molecule has 1 aliphatic heterocycles. The number of hydrogen-bond donors (Lipinski definition) is 0. The molecule has 0 fully saturated rings. The molecule has 0 amide bonds. The fourth-order valence-electron chi connectivity index (χ4n) is 2.99. The van der Waals surface area contributed by atoms with E-state index in [1.165, 1.54) is 14.0 Å². The van der Waals surface area contributed by atoms with Gasteiger partial charge >= 0.3 is 11.9 Å². The van der Waals surface area contributed by atoms with Gasteiger partial charge in [-0.15, -0.1) is 0 Å². The van der Waals surface area contributed by atoms with Crippen LogP contribution in [-0.4, -0.2) is 30.4 Å². The second-order valence-electron chi connectivity index (χ2n) is 5.95. The van der Waals surface area contributed by atoms with Crippen molar-refractivity contribution in [1.82, 2.24) is 0 Å². The van der Waals surface area contributed by atoms with E-state index in [0.29, 0.717) is 11.3 Å². The highest BCUT2D eigenvalue weighted by molar-refractivity contribution is 6.05. The standard InChI is InChI=1S/C20H19NO5/c1-14(22)25-18(16-11-7-4-8-12-16)20(19(23)24-2)13-17(21-26-20)15-9-5-3-6-10-15/h3-12,18H,13H2,1-2H3/t18-,20-/m1/s1. The van der Waals surface area contributed by atoms with Crippen LogP contribution in [0.4, 0.5) is 0 Å². The molecular weight excluding hydrogens is 334 g/mol. The topological polar surface area (TPSA) is 74.2 Å². The van der Waals surface area contributed by atoms with E-state index in [2.05, 4.69) is 5.16 Å². The third-order valence-electron chi connectivity index (χ3n) is 4.20. The van der Waals surface area contributed by atoms with E-state index in [0.717, 1.165) is 5.56 Å². The molecule has 134 valence electrons. The summed E-state index contributed by atoms with van der Waals surface area (Å²) < 4.78 is 10.5. The van der Waals surface area contributed by atoms with E-state index in [1.54, 1.807) is 24.3 Å². The summed E-state index contributed by atoms with van der Waals surface area (Å²) in [7, 11) is 1.27. The van der Waals surface area contributed by atoms with Gasteiger partial charge in [-0.25, -0.2) is 4.79 Å². The largest absolute Gasteiger partial charge is 0.466 e. The Hall–Kier alpha value is -3.15. The molecule has 2 aromatic carbocycles. The lowest BCUT2D eigenvalue weighted by atomic mass is 9.85. The summed E-state index contributed by atoms with van der Waals surface area (Å²) in [5, 5.41) is 4.11. The van der Waals surface area contributed by atoms with Crippen molar-refractivity contribution in [2.75, 3.05) is 7.11 Å². The molecule has 0 bridgehead atoms. The van der Waals surface area contributed by atoms with Crippen molar-refractivity contribution in [3.05, 3.63) is 71.8 Å². The van der Waals surface area contributed by atoms with Gasteiger partial charge in [0.05, 0.1) is 19.2 Å². The first-order valence-electron chi connectivity index (χ1n) is 8.18. The van der Waals surface area contributed by atoms with Gasteiger partial charge in [-0.05, 0) is 11.1 Å². The summed E-state index contributed by atoms with van der Waals surface area (Å²) in [5.74, 6) is -1.18. The molecular formula is C20H19NO5. The van der Waals surface area contributed by atoms with Crippen LogP contribution in [0.25, 0.3) is 0 Å². The molecule has 2 aromatic rings. The minimum absolute atomic E-state index is 0.122. The summed E-state index contributed by atoms with van der Waals surface area (Å²) in [6, 6.07) is 18.3. The SMILES string of the molecule is COC(=O)[C@]1([C@H](OC(C)=O)c2ccccc2)CC(c2ccccc2)=NO1. The molecule has 6 nitrogen and oxygen atoms in total. The normalized spacial score (nSPS) is 19.8. The highest BCUT2D eigenvalue weighted by atomic mass is 16.7. The van der Waals surface area contributed by atoms with Crippen LogP contribution in [-0.2, 0) is 23.9 Å². The van der Waals surface area contributed by atoms with Gasteiger partial charge < -0.3 is 14.3 Å². The molecule has 0 unspecified atom stereocenters. The average molecular weight is 353 g/mol. The van der Waals surface area contributed by atoms with Gasteiger partial charge in [-0.2, -0.15) is 0 Å². The predicted molar refractivity (Wildman–Crippen MR) is 94.4 cm³/mol. The molecule has 0 saturated carbocycles. The molecule has 2 atom stereocenters. The summed E-state index contributed by atoms with van der Waals surface area (Å²) in [5.41, 5.74) is 0.460. The van der Waals surface area contributed by atoms with Crippen LogP contribution in [0.3, 0.4) is 0 Å². The Morgan fingerprint density at radius 1 is 1.08 bits per heavy atom. The number of nitrogens with zero attached hydrogens (tertiary/aromatic N) is 1. The Balaban J connectivity index is 2.02. The van der Waals surface area contributed by atoms with Crippen molar-refractivity contribution in [3.8, 4) is 0 Å². The zero-order valence-electron chi connectivity index (χ0n) is 14.5. The van der Waals surface area contributed by atoms with Crippen molar-refractivity contribution in [3.63, 3.8) is 0 Å². The van der Waals surface area contributed by atoms with Gasteiger partial charge in [0.15, 0.2) is 6.10 Å². The van der Waals surface area contributed by atoms with Crippen molar-refractivity contribution in [2.24, 2.45) is 5.16 Å². The van der Waals surface area contributed by atoms with Gasteiger partial charge in [0.1, 0.15) is 0 Å². The number of carbonyl (C=O) groups is 2. The van der Waals surface area contributed by atoms with Gasteiger partial charge in [0, 0.05) is 6.92 Å². The second-order valence-corrected chi connectivity index (χ2v) is 5.95. The molecule has 0 aliphatic carbocycles. The van der Waals surface area contributed by atoms with E-state index in [1.807, 2.05) is 36.4 Å². The number of benzene rings is 2. The molecule has 0 N–H and O–H groups in total. The third kappa shape index (κ3) is 3.31. The zero-order chi connectivity index (χ0) is 18.6. The lowest BCUT2D eigenvalue weighted by Crippen LogP contribution is -2.47. The predicted octanol–water partition coefficient (Wildman–Crippen LogP) is 3.03. The molecule has 1 aliphatic rings. The van der Waals surface area contributed by atoms with Crippen LogP contribution < -0.4 is 0 Å². The van der Waals surface area contributed by atoms with Crippen LogP contribution in [0.15, 0.2) is 65.8 Å². The molecule has 0 saturated heterocycles. The Bertz CT molecular complexity index is 819. The minimum Gasteiger partial charge on any atom is -0.466 e. The first-order chi connectivity index (χ1) is 12.6. The Morgan fingerprint density at radius 2 is 1.69 bits per heavy atom. The molecule has 3 rings (SSSR count). The number of hydrogen-bond acceptors (Lipinski definition) is 6. The molecule has 26 heavy (non-hydrogen) atoms. The number of ether oxygens (including phenoxy) is 2. The van der Waals surface area contributed by atoms with E-state index in [-0.39, 0.29) is 6.42 Å². The molecule has 0 radical (unpaired) electrons. The Morgan fingerprint density at radius 3 is 2.27 bits per heavy atom. The number of esters is 2. The number of carbonyl (C=O) groups excluding carboxylic acids is 2. The maximum absolute atomic E-state index is 12.7. The molecule has 1 heterocycles. The van der Waals surface area contributed by atoms with E-state index < -0.39 is 23.6 Å². The number of rotatable bonds is 5. The highest BCUT2D eigenvalue weighted by Gasteiger charge is 2.57. The molecule has 0 spiro atoms. The van der Waals surface area contributed by atoms with Crippen LogP contribution in [0.1, 0.15) is 30.6 Å². The second kappa shape index (κ2) is 7.39. The summed E-state index contributed by atoms with van der Waals surface area (Å²) >= 11 is 0. The van der Waals surface area contributed by atoms with Crippen molar-refractivity contribution < 1.29 is 23.9 Å². The lowest BCUT2D eigenvalue weighted by molar-refractivity contribution is -0.192. The van der Waals surface area contributed by atoms with Gasteiger partial charge in [0.2, 0.25) is 0 Å². The van der Waals surface area contributed by atoms with Gasteiger partial charge in [0.25, 0.3) is 5.60 Å². The van der Waals surface area contributed by atoms with E-state index in [9.17, 15) is 9.59 Å². The quantitative estimate of drug-likeness (QED) is 0.773. The van der Waals surface area contributed by atoms with E-state index in [4.69, 9.17) is 14.3 Å². The van der Waals surface area contributed by atoms with Crippen molar-refractivity contribution in [1.29, 1.82) is 0 Å². The first-order valence-corrected chi connectivity index (χ1v) is 8.18. The summed E-state index contributed by atoms with van der Waals surface area (Å²) in [6.45, 7) is 1.29. The Labute approximate surface area is 151 Å². The highest BCUT2D eigenvalue weighted by Crippen LogP contribution is 2.41. The Kier molecular flexibility index (Phi) is 5.02. The molecule has 6 heteroatoms. The van der Waals surface area contributed by atoms with Crippen molar-refractivity contribution >= 4 is 17.7 Å². The molecule has 0 aromatic heterocycles. The van der Waals surface area contributed by atoms with E-state index >= 15 is 0 Å². The van der Waals surface area contributed by atoms with Crippen LogP contribution in [0.5, 0.6) is 0 Å². The van der Waals surface area contributed by atoms with Gasteiger partial charge in [-0.3, -0.25) is 4.79 Å².